The second-order valence-electron chi connectivity index (χ2n) is 11.7. The predicted molar refractivity (Wildman–Crippen MR) is 204 cm³/mol. The van der Waals surface area contributed by atoms with E-state index in [1.807, 2.05) is 72.8 Å². The number of ether oxygens (including phenoxy) is 4. The second kappa shape index (κ2) is 17.3. The molecule has 2 aliphatic heterocycles. The summed E-state index contributed by atoms with van der Waals surface area (Å²) < 4.78 is 22.3. The summed E-state index contributed by atoms with van der Waals surface area (Å²) in [4.78, 5) is 31.1. The quantitative estimate of drug-likeness (QED) is 0.152. The maximum absolute atomic E-state index is 13.0. The van der Waals surface area contributed by atoms with Crippen LogP contribution in [0.1, 0.15) is 11.1 Å². The van der Waals surface area contributed by atoms with Crippen LogP contribution < -0.4 is 9.47 Å². The van der Waals surface area contributed by atoms with E-state index in [0.29, 0.717) is 74.2 Å². The summed E-state index contributed by atoms with van der Waals surface area (Å²) in [6, 6.07) is 23.0. The molecule has 6 rings (SSSR count). The van der Waals surface area contributed by atoms with Crippen molar-refractivity contribution in [1.82, 2.24) is 9.80 Å². The van der Waals surface area contributed by atoms with Gasteiger partial charge in [-0.15, -0.1) is 0 Å². The summed E-state index contributed by atoms with van der Waals surface area (Å²) in [5, 5.41) is 0.973. The van der Waals surface area contributed by atoms with Crippen molar-refractivity contribution in [2.24, 2.45) is 0 Å². The van der Waals surface area contributed by atoms with Crippen molar-refractivity contribution < 1.29 is 28.5 Å². The molecule has 0 unspecified atom stereocenters. The Labute approximate surface area is 312 Å². The van der Waals surface area contributed by atoms with Gasteiger partial charge in [0.15, 0.2) is 0 Å². The fraction of sp³-hybridized carbons (Fsp3) is 0.250. The number of hydrogen-bond acceptors (Lipinski definition) is 7. The Morgan fingerprint density at radius 2 is 1.02 bits per heavy atom. The third kappa shape index (κ3) is 8.46. The van der Waals surface area contributed by atoms with Crippen LogP contribution in [0.15, 0.2) is 94.7 Å². The first-order chi connectivity index (χ1) is 24.9. The van der Waals surface area contributed by atoms with Gasteiger partial charge in [0.2, 0.25) is 11.8 Å². The zero-order valence-electron chi connectivity index (χ0n) is 28.4. The average molecular weight is 746 g/mol. The van der Waals surface area contributed by atoms with Gasteiger partial charge in [-0.1, -0.05) is 83.5 Å². The van der Waals surface area contributed by atoms with E-state index >= 15 is 0 Å². The molecule has 51 heavy (non-hydrogen) atoms. The zero-order chi connectivity index (χ0) is 35.7. The predicted octanol–water partition coefficient (Wildman–Crippen LogP) is 8.24. The number of carbonyl (C=O) groups excluding carboxylic acids is 2. The first-order valence-corrected chi connectivity index (χ1v) is 18.2. The van der Waals surface area contributed by atoms with E-state index in [0.717, 1.165) is 43.2 Å². The van der Waals surface area contributed by atoms with E-state index in [1.54, 1.807) is 48.3 Å². The highest BCUT2D eigenvalue weighted by atomic mass is 35.5. The average Bonchev–Trinajstić information content (AvgIpc) is 3.18. The van der Waals surface area contributed by atoms with Crippen LogP contribution in [0.3, 0.4) is 0 Å². The third-order valence-electron chi connectivity index (χ3n) is 8.71. The number of nitrogens with zero attached hydrogens (tertiary/aromatic N) is 2. The highest BCUT2D eigenvalue weighted by molar-refractivity contribution is 7.99. The number of para-hydroxylation sites is 2. The maximum atomic E-state index is 13.0. The van der Waals surface area contributed by atoms with Gasteiger partial charge in [0.1, 0.15) is 11.5 Å². The van der Waals surface area contributed by atoms with Crippen molar-refractivity contribution in [1.29, 1.82) is 0 Å². The third-order valence-corrected chi connectivity index (χ3v) is 10.8. The highest BCUT2D eigenvalue weighted by Gasteiger charge is 2.22. The largest absolute Gasteiger partial charge is 0.496 e. The molecule has 0 aromatic heterocycles. The molecule has 2 amide bonds. The molecule has 0 atom stereocenters. The van der Waals surface area contributed by atoms with Crippen LogP contribution in [0.4, 0.5) is 0 Å². The van der Waals surface area contributed by atoms with Gasteiger partial charge in [-0.25, -0.2) is 0 Å². The van der Waals surface area contributed by atoms with Crippen molar-refractivity contribution >= 4 is 58.9 Å². The molecule has 0 bridgehead atoms. The molecule has 4 aromatic rings. The van der Waals surface area contributed by atoms with E-state index in [2.05, 4.69) is 0 Å². The van der Waals surface area contributed by atoms with Crippen molar-refractivity contribution in [3.05, 3.63) is 106 Å². The number of methoxy groups -OCH3 is 2. The monoisotopic (exact) mass is 744 g/mol. The van der Waals surface area contributed by atoms with Crippen LogP contribution in [-0.4, -0.2) is 88.4 Å². The minimum atomic E-state index is -0.0877. The molecule has 0 saturated carbocycles. The number of amides is 2. The van der Waals surface area contributed by atoms with Crippen molar-refractivity contribution in [3.63, 3.8) is 0 Å². The highest BCUT2D eigenvalue weighted by Crippen LogP contribution is 2.48. The lowest BCUT2D eigenvalue weighted by Gasteiger charge is -2.25. The molecule has 8 nitrogen and oxygen atoms in total. The van der Waals surface area contributed by atoms with E-state index < -0.39 is 0 Å². The van der Waals surface area contributed by atoms with Gasteiger partial charge < -0.3 is 28.7 Å². The van der Waals surface area contributed by atoms with Crippen molar-refractivity contribution in [3.8, 4) is 33.8 Å². The summed E-state index contributed by atoms with van der Waals surface area (Å²) >= 11 is 16.0. The molecule has 4 aromatic carbocycles. The normalized spacial score (nSPS) is 15.1. The number of halogens is 2. The molecule has 0 spiro atoms. The number of hydrogen-bond donors (Lipinski definition) is 0. The molecule has 264 valence electrons. The molecule has 2 aliphatic rings. The van der Waals surface area contributed by atoms with Gasteiger partial charge in [-0.3, -0.25) is 9.59 Å². The smallest absolute Gasteiger partial charge is 0.246 e. The van der Waals surface area contributed by atoms with Gasteiger partial charge in [0.25, 0.3) is 0 Å². The Hall–Kier alpha value is -4.25. The van der Waals surface area contributed by atoms with E-state index in [-0.39, 0.29) is 11.8 Å². The Bertz CT molecular complexity index is 1810. The summed E-state index contributed by atoms with van der Waals surface area (Å²) in [6.45, 7) is 4.29. The Balaban J connectivity index is 1.40. The fourth-order valence-corrected chi connectivity index (χ4v) is 7.72. The van der Waals surface area contributed by atoms with Gasteiger partial charge in [0.05, 0.1) is 50.7 Å². The minimum Gasteiger partial charge on any atom is -0.496 e. The first kappa shape index (κ1) is 36.5. The summed E-state index contributed by atoms with van der Waals surface area (Å²) in [7, 11) is 3.24. The van der Waals surface area contributed by atoms with E-state index in [1.165, 1.54) is 11.8 Å². The molecule has 2 saturated heterocycles. The van der Waals surface area contributed by atoms with Crippen LogP contribution in [0.5, 0.6) is 11.5 Å². The molecule has 0 aliphatic carbocycles. The zero-order valence-corrected chi connectivity index (χ0v) is 30.7. The lowest BCUT2D eigenvalue weighted by atomic mass is 9.98. The number of carbonyl (C=O) groups is 2. The van der Waals surface area contributed by atoms with Gasteiger partial charge >= 0.3 is 0 Å². The summed E-state index contributed by atoms with van der Waals surface area (Å²) in [5.74, 6) is 1.12. The second-order valence-corrected chi connectivity index (χ2v) is 13.6. The van der Waals surface area contributed by atoms with Crippen LogP contribution >= 0.6 is 35.0 Å². The lowest BCUT2D eigenvalue weighted by Crippen LogP contribution is -2.39. The van der Waals surface area contributed by atoms with Gasteiger partial charge in [-0.2, -0.15) is 0 Å². The Morgan fingerprint density at radius 3 is 1.41 bits per heavy atom. The van der Waals surface area contributed by atoms with E-state index in [4.69, 9.17) is 42.1 Å². The molecular formula is C40H38Cl2N2O6S. The van der Waals surface area contributed by atoms with Crippen LogP contribution in [0.2, 0.25) is 10.0 Å². The number of morpholine rings is 2. The van der Waals surface area contributed by atoms with E-state index in [9.17, 15) is 9.59 Å². The molecule has 11 heteroatoms. The molecule has 2 fully saturated rings. The molecule has 0 radical (unpaired) electrons. The fourth-order valence-electron chi connectivity index (χ4n) is 6.05. The SMILES string of the molecule is COc1ccccc1-c1c(C=CC(=O)N2CCOCC2)ccc(Sc2ccc(C=CC(=O)N3CCOCC3)c(-c3ccccc3OC)c2Cl)c1Cl. The van der Waals surface area contributed by atoms with Crippen LogP contribution in [0, 0.1) is 0 Å². The van der Waals surface area contributed by atoms with Gasteiger partial charge in [-0.05, 0) is 47.5 Å². The topological polar surface area (TPSA) is 77.5 Å². The molecule has 0 N–H and O–H groups in total. The van der Waals surface area contributed by atoms with Gasteiger partial charge in [0, 0.05) is 70.4 Å². The Morgan fingerprint density at radius 1 is 0.627 bits per heavy atom. The van der Waals surface area contributed by atoms with Crippen molar-refractivity contribution in [2.45, 2.75) is 9.79 Å². The summed E-state index contributed by atoms with van der Waals surface area (Å²) in [5.41, 5.74) is 4.57. The molecule has 2 heterocycles. The Kier molecular flexibility index (Phi) is 12.4. The standard InChI is InChI=1S/C40H38Cl2N2O6S/c1-47-31-9-5-3-7-29(31)37-27(13-17-35(45)43-19-23-49-24-20-43)11-15-33(39(37)41)51-34-16-12-28(14-18-36(46)44-21-25-50-26-22-44)38(40(34)42)30-8-4-6-10-32(30)48-2/h3-18H,19-26H2,1-2H3. The number of rotatable bonds is 10. The maximum Gasteiger partial charge on any atom is 0.246 e. The molecular weight excluding hydrogens is 707 g/mol. The first-order valence-electron chi connectivity index (χ1n) is 16.6. The number of benzene rings is 4. The van der Waals surface area contributed by atoms with Crippen LogP contribution in [-0.2, 0) is 19.1 Å². The van der Waals surface area contributed by atoms with Crippen molar-refractivity contribution in [2.75, 3.05) is 66.8 Å². The minimum absolute atomic E-state index is 0.0877. The van der Waals surface area contributed by atoms with Crippen LogP contribution in [0.25, 0.3) is 34.4 Å². The lowest BCUT2D eigenvalue weighted by molar-refractivity contribution is -0.130. The summed E-state index contributed by atoms with van der Waals surface area (Å²) in [6.07, 6.45) is 6.75.